The average molecular weight is 530 g/mol. The number of nitrogens with zero attached hydrogens (tertiary/aromatic N) is 5. The number of ether oxygens (including phenoxy) is 3. The smallest absolute Gasteiger partial charge is 0.293 e. The third-order valence-electron chi connectivity index (χ3n) is 7.22. The Kier molecular flexibility index (Phi) is 8.05. The molecule has 5 heterocycles. The Morgan fingerprint density at radius 3 is 2.71 bits per heavy atom. The zero-order valence-electron chi connectivity index (χ0n) is 21.9. The monoisotopic (exact) mass is 529 g/mol. The number of anilines is 2. The Labute approximate surface area is 220 Å². The number of fused-ring (bicyclic) bond motifs is 1. The lowest BCUT2D eigenvalue weighted by Gasteiger charge is -2.24. The quantitative estimate of drug-likeness (QED) is 0.312. The van der Waals surface area contributed by atoms with Crippen molar-refractivity contribution in [1.29, 1.82) is 0 Å². The van der Waals surface area contributed by atoms with E-state index >= 15 is 0 Å². The summed E-state index contributed by atoms with van der Waals surface area (Å²) < 4.78 is 24.1. The minimum atomic E-state index is -1.19. The van der Waals surface area contributed by atoms with E-state index in [1.807, 2.05) is 6.92 Å². The molecule has 13 nitrogen and oxygen atoms in total. The number of aliphatic hydroxyl groups is 1. The number of carbonyl (C=O) groups is 1. The van der Waals surface area contributed by atoms with Crippen LogP contribution in [0.4, 0.5) is 11.8 Å². The zero-order chi connectivity index (χ0) is 26.6. The van der Waals surface area contributed by atoms with Crippen LogP contribution in [-0.2, 0) is 25.4 Å². The summed E-state index contributed by atoms with van der Waals surface area (Å²) in [4.78, 5) is 25.5. The first-order valence-electron chi connectivity index (χ1n) is 13.3. The van der Waals surface area contributed by atoms with Crippen molar-refractivity contribution in [1.82, 2.24) is 24.7 Å². The summed E-state index contributed by atoms with van der Waals surface area (Å²) in [5.41, 5.74) is 1.76. The van der Waals surface area contributed by atoms with Crippen LogP contribution >= 0.6 is 0 Å². The highest BCUT2D eigenvalue weighted by Crippen LogP contribution is 2.42. The molecule has 38 heavy (non-hydrogen) atoms. The summed E-state index contributed by atoms with van der Waals surface area (Å²) in [6.45, 7) is 7.84. The van der Waals surface area contributed by atoms with Gasteiger partial charge in [0.05, 0.1) is 12.0 Å². The molecule has 3 aromatic rings. The van der Waals surface area contributed by atoms with E-state index in [0.29, 0.717) is 54.8 Å². The van der Waals surface area contributed by atoms with Crippen LogP contribution in [0.1, 0.15) is 70.2 Å². The van der Waals surface area contributed by atoms with Gasteiger partial charge in [-0.25, -0.2) is 4.98 Å². The molecule has 13 heteroatoms. The van der Waals surface area contributed by atoms with Gasteiger partial charge in [-0.1, -0.05) is 25.9 Å². The van der Waals surface area contributed by atoms with Gasteiger partial charge in [-0.2, -0.15) is 9.97 Å². The molecule has 0 spiro atoms. The lowest BCUT2D eigenvalue weighted by atomic mass is 10.1. The molecule has 0 aromatic carbocycles. The molecule has 0 unspecified atom stereocenters. The minimum Gasteiger partial charge on any atom is -0.457 e. The summed E-state index contributed by atoms with van der Waals surface area (Å²) in [6, 6.07) is 2.11. The normalized spacial score (nSPS) is 24.2. The number of aliphatic hydroxyl groups excluding tert-OH is 1. The summed E-state index contributed by atoms with van der Waals surface area (Å²) in [7, 11) is 0. The van der Waals surface area contributed by atoms with E-state index in [2.05, 4.69) is 34.6 Å². The highest BCUT2D eigenvalue weighted by Gasteiger charge is 2.49. The number of rotatable bonds is 11. The maximum absolute atomic E-state index is 11.4. The number of aromatic nitrogens is 5. The van der Waals surface area contributed by atoms with Crippen LogP contribution in [0.3, 0.4) is 0 Å². The van der Waals surface area contributed by atoms with E-state index in [1.165, 1.54) is 0 Å². The van der Waals surface area contributed by atoms with E-state index in [0.717, 1.165) is 31.4 Å². The largest absolute Gasteiger partial charge is 0.457 e. The topological polar surface area (TPSA) is 159 Å². The van der Waals surface area contributed by atoms with Crippen LogP contribution in [0.25, 0.3) is 11.2 Å². The number of imidazole rings is 1. The predicted octanol–water partition coefficient (Wildman–Crippen LogP) is 2.74. The zero-order valence-corrected chi connectivity index (χ0v) is 21.9. The number of hydrogen-bond donors (Lipinski definition) is 3. The fourth-order valence-electron chi connectivity index (χ4n) is 4.93. The van der Waals surface area contributed by atoms with Crippen molar-refractivity contribution < 1.29 is 28.6 Å². The molecule has 2 aliphatic heterocycles. The van der Waals surface area contributed by atoms with Crippen molar-refractivity contribution in [2.45, 2.75) is 89.5 Å². The standard InChI is InChI=1S/C25H35N7O6/c1-4-14(5-2)27-22-18-23(30-25(29-22)28-16-7-9-35-10-8-16)32(12-26-18)24-21(36-13-33)19(34)20(37-24)17-11-15(6-3)31-38-17/h11-14,16,19-21,24,34H,4-10H2,1-3H3,(H2,27,28,29,30)/t19-,20-,21-,24-/m1/s1. The van der Waals surface area contributed by atoms with Crippen molar-refractivity contribution in [3.05, 3.63) is 23.8 Å². The molecule has 206 valence electrons. The van der Waals surface area contributed by atoms with Gasteiger partial charge in [0.15, 0.2) is 41.2 Å². The molecular weight excluding hydrogens is 494 g/mol. The predicted molar refractivity (Wildman–Crippen MR) is 136 cm³/mol. The van der Waals surface area contributed by atoms with Gasteiger partial charge in [0.2, 0.25) is 5.95 Å². The van der Waals surface area contributed by atoms with Crippen LogP contribution in [0.2, 0.25) is 0 Å². The van der Waals surface area contributed by atoms with Crippen LogP contribution in [-0.4, -0.2) is 73.8 Å². The minimum absolute atomic E-state index is 0.179. The summed E-state index contributed by atoms with van der Waals surface area (Å²) in [5, 5.41) is 22.0. The van der Waals surface area contributed by atoms with Crippen molar-refractivity contribution in [2.24, 2.45) is 0 Å². The first kappa shape index (κ1) is 26.3. The van der Waals surface area contributed by atoms with E-state index in [1.54, 1.807) is 17.0 Å². The molecule has 5 rings (SSSR count). The van der Waals surface area contributed by atoms with Gasteiger partial charge in [0, 0.05) is 31.4 Å². The Bertz CT molecular complexity index is 1220. The first-order chi connectivity index (χ1) is 18.6. The lowest BCUT2D eigenvalue weighted by Crippen LogP contribution is -2.32. The second kappa shape index (κ2) is 11.6. The van der Waals surface area contributed by atoms with Crippen LogP contribution < -0.4 is 10.6 Å². The SMILES string of the molecule is CCc1cc([C@H]2O[C@@H](n3cnc4c(NC(CC)CC)nc(NC5CCOCC5)nc43)[C@H](OC=O)[C@@H]2O)on1. The summed E-state index contributed by atoms with van der Waals surface area (Å²) in [6.07, 6.45) is 1.74. The fourth-order valence-corrected chi connectivity index (χ4v) is 4.93. The van der Waals surface area contributed by atoms with E-state index in [9.17, 15) is 9.90 Å². The maximum Gasteiger partial charge on any atom is 0.293 e. The molecular formula is C25H35N7O6. The van der Waals surface area contributed by atoms with Gasteiger partial charge in [-0.3, -0.25) is 9.36 Å². The van der Waals surface area contributed by atoms with Crippen LogP contribution in [0.15, 0.2) is 16.9 Å². The van der Waals surface area contributed by atoms with Gasteiger partial charge in [0.1, 0.15) is 6.10 Å². The molecule has 2 fully saturated rings. The summed E-state index contributed by atoms with van der Waals surface area (Å²) >= 11 is 0. The Hall–Kier alpha value is -3.29. The van der Waals surface area contributed by atoms with Gasteiger partial charge >= 0.3 is 0 Å². The van der Waals surface area contributed by atoms with Crippen LogP contribution in [0, 0.1) is 0 Å². The molecule has 4 atom stereocenters. The highest BCUT2D eigenvalue weighted by atomic mass is 16.6. The second-order valence-corrected chi connectivity index (χ2v) is 9.62. The number of nitrogens with one attached hydrogen (secondary N) is 2. The van der Waals surface area contributed by atoms with Crippen molar-refractivity contribution in [3.63, 3.8) is 0 Å². The lowest BCUT2D eigenvalue weighted by molar-refractivity contribution is -0.142. The van der Waals surface area contributed by atoms with Crippen molar-refractivity contribution in [2.75, 3.05) is 23.8 Å². The van der Waals surface area contributed by atoms with Gasteiger partial charge < -0.3 is 34.5 Å². The third-order valence-corrected chi connectivity index (χ3v) is 7.22. The average Bonchev–Trinajstić information content (AvgIpc) is 3.66. The molecule has 3 N–H and O–H groups in total. The Balaban J connectivity index is 1.53. The molecule has 0 amide bonds. The maximum atomic E-state index is 11.4. The third kappa shape index (κ3) is 5.18. The Morgan fingerprint density at radius 1 is 1.24 bits per heavy atom. The summed E-state index contributed by atoms with van der Waals surface area (Å²) in [5.74, 6) is 1.40. The van der Waals surface area contributed by atoms with Crippen molar-refractivity contribution in [3.8, 4) is 0 Å². The van der Waals surface area contributed by atoms with E-state index < -0.39 is 24.5 Å². The Morgan fingerprint density at radius 2 is 2.03 bits per heavy atom. The van der Waals surface area contributed by atoms with Gasteiger partial charge in [0.25, 0.3) is 6.47 Å². The molecule has 0 aliphatic carbocycles. The molecule has 2 aliphatic rings. The number of aryl methyl sites for hydroxylation is 1. The van der Waals surface area contributed by atoms with Crippen molar-refractivity contribution >= 4 is 29.4 Å². The molecule has 0 saturated carbocycles. The highest BCUT2D eigenvalue weighted by molar-refractivity contribution is 5.84. The first-order valence-corrected chi connectivity index (χ1v) is 13.3. The van der Waals surface area contributed by atoms with Gasteiger partial charge in [-0.05, 0) is 32.1 Å². The fraction of sp³-hybridized carbons (Fsp3) is 0.640. The van der Waals surface area contributed by atoms with E-state index in [-0.39, 0.29) is 12.1 Å². The number of carbonyl (C=O) groups excluding carboxylic acids is 1. The number of hydrogen-bond acceptors (Lipinski definition) is 12. The van der Waals surface area contributed by atoms with Gasteiger partial charge in [-0.15, -0.1) is 0 Å². The molecule has 0 bridgehead atoms. The molecule has 2 saturated heterocycles. The van der Waals surface area contributed by atoms with Crippen LogP contribution in [0.5, 0.6) is 0 Å². The van der Waals surface area contributed by atoms with E-state index in [4.69, 9.17) is 28.7 Å². The molecule has 3 aromatic heterocycles. The molecule has 0 radical (unpaired) electrons. The second-order valence-electron chi connectivity index (χ2n) is 9.62.